The number of benzene rings is 2. The maximum absolute atomic E-state index is 11.9. The zero-order valence-corrected chi connectivity index (χ0v) is 13.9. The summed E-state index contributed by atoms with van der Waals surface area (Å²) in [7, 11) is 1.27. The van der Waals surface area contributed by atoms with Crippen LogP contribution in [0, 0.1) is 0 Å². The minimum atomic E-state index is -0.906. The van der Waals surface area contributed by atoms with Crippen molar-refractivity contribution in [2.45, 2.75) is 0 Å². The van der Waals surface area contributed by atoms with Crippen LogP contribution in [0.1, 0.15) is 10.4 Å². The summed E-state index contributed by atoms with van der Waals surface area (Å²) in [6, 6.07) is 10.5. The Balaban J connectivity index is 2.02. The number of nitrogens with one attached hydrogen (secondary N) is 2. The fraction of sp³-hybridized carbons (Fsp3) is 0.0625. The topological polar surface area (TPSA) is 84.5 Å². The zero-order chi connectivity index (χ0) is 17.7. The Morgan fingerprint density at radius 1 is 0.917 bits per heavy atom. The molecule has 0 bridgehead atoms. The van der Waals surface area contributed by atoms with Crippen molar-refractivity contribution in [3.8, 4) is 0 Å². The summed E-state index contributed by atoms with van der Waals surface area (Å²) in [4.78, 5) is 35.1. The smallest absolute Gasteiger partial charge is 0.337 e. The molecule has 0 saturated heterocycles. The van der Waals surface area contributed by atoms with E-state index >= 15 is 0 Å². The van der Waals surface area contributed by atoms with Gasteiger partial charge in [0.05, 0.1) is 28.4 Å². The number of carbonyl (C=O) groups excluding carboxylic acids is 3. The second-order valence-corrected chi connectivity index (χ2v) is 5.36. The van der Waals surface area contributed by atoms with E-state index in [4.69, 9.17) is 23.2 Å². The molecule has 0 atom stereocenters. The second kappa shape index (κ2) is 7.81. The summed E-state index contributed by atoms with van der Waals surface area (Å²) in [5.74, 6) is -2.30. The van der Waals surface area contributed by atoms with Crippen molar-refractivity contribution in [3.63, 3.8) is 0 Å². The molecular formula is C16H12Cl2N2O4. The second-order valence-electron chi connectivity index (χ2n) is 4.58. The Morgan fingerprint density at radius 3 is 2.17 bits per heavy atom. The van der Waals surface area contributed by atoms with E-state index in [0.29, 0.717) is 11.3 Å². The molecule has 2 aromatic rings. The number of hydrogen-bond donors (Lipinski definition) is 2. The van der Waals surface area contributed by atoms with Crippen LogP contribution in [-0.2, 0) is 14.3 Å². The quantitative estimate of drug-likeness (QED) is 0.644. The van der Waals surface area contributed by atoms with Crippen LogP contribution < -0.4 is 10.6 Å². The Hall–Kier alpha value is -2.57. The maximum Gasteiger partial charge on any atom is 0.337 e. The molecule has 6 nitrogen and oxygen atoms in total. The number of halogens is 2. The number of hydrogen-bond acceptors (Lipinski definition) is 4. The number of rotatable bonds is 3. The first-order valence-electron chi connectivity index (χ1n) is 6.67. The predicted molar refractivity (Wildman–Crippen MR) is 91.5 cm³/mol. The molecule has 2 amide bonds. The van der Waals surface area contributed by atoms with Gasteiger partial charge in [0.15, 0.2) is 0 Å². The number of methoxy groups -OCH3 is 1. The van der Waals surface area contributed by atoms with E-state index in [1.807, 2.05) is 0 Å². The highest BCUT2D eigenvalue weighted by Gasteiger charge is 2.16. The molecule has 0 aliphatic rings. The van der Waals surface area contributed by atoms with Crippen molar-refractivity contribution in [2.75, 3.05) is 17.7 Å². The van der Waals surface area contributed by atoms with E-state index in [9.17, 15) is 14.4 Å². The monoisotopic (exact) mass is 366 g/mol. The van der Waals surface area contributed by atoms with Crippen LogP contribution in [0.2, 0.25) is 10.0 Å². The number of amides is 2. The van der Waals surface area contributed by atoms with Gasteiger partial charge in [0.2, 0.25) is 0 Å². The first-order valence-corrected chi connectivity index (χ1v) is 7.42. The lowest BCUT2D eigenvalue weighted by Gasteiger charge is -2.09. The lowest BCUT2D eigenvalue weighted by Crippen LogP contribution is -2.29. The van der Waals surface area contributed by atoms with Gasteiger partial charge >= 0.3 is 17.8 Å². The summed E-state index contributed by atoms with van der Waals surface area (Å²) >= 11 is 11.8. The molecule has 0 heterocycles. The zero-order valence-electron chi connectivity index (χ0n) is 12.4. The van der Waals surface area contributed by atoms with Crippen LogP contribution in [0.4, 0.5) is 11.4 Å². The molecular weight excluding hydrogens is 355 g/mol. The van der Waals surface area contributed by atoms with E-state index in [2.05, 4.69) is 15.4 Å². The average Bonchev–Trinajstić information content (AvgIpc) is 2.58. The normalized spacial score (nSPS) is 9.96. The molecule has 2 rings (SSSR count). The van der Waals surface area contributed by atoms with Crippen molar-refractivity contribution in [1.82, 2.24) is 0 Å². The van der Waals surface area contributed by atoms with Gasteiger partial charge in [0, 0.05) is 5.69 Å². The van der Waals surface area contributed by atoms with Crippen LogP contribution >= 0.6 is 23.2 Å². The predicted octanol–water partition coefficient (Wildman–Crippen LogP) is 3.36. The lowest BCUT2D eigenvalue weighted by molar-refractivity contribution is -0.132. The SMILES string of the molecule is COC(=O)c1ccc(NC(=O)C(=O)Nc2cccc(Cl)c2Cl)cc1. The summed E-state index contributed by atoms with van der Waals surface area (Å²) < 4.78 is 4.57. The Labute approximate surface area is 147 Å². The van der Waals surface area contributed by atoms with Gasteiger partial charge in [-0.15, -0.1) is 0 Å². The summed E-state index contributed by atoms with van der Waals surface area (Å²) in [5, 5.41) is 5.17. The summed E-state index contributed by atoms with van der Waals surface area (Å²) in [6.07, 6.45) is 0. The standard InChI is InChI=1S/C16H12Cl2N2O4/c1-24-16(23)9-5-7-10(8-6-9)19-14(21)15(22)20-12-4-2-3-11(17)13(12)18/h2-8H,1H3,(H,19,21)(H,20,22). The van der Waals surface area contributed by atoms with Crippen LogP contribution in [0.5, 0.6) is 0 Å². The molecule has 0 spiro atoms. The van der Waals surface area contributed by atoms with E-state index in [1.54, 1.807) is 12.1 Å². The first kappa shape index (κ1) is 17.8. The number of anilines is 2. The maximum atomic E-state index is 11.9. The van der Waals surface area contributed by atoms with E-state index < -0.39 is 17.8 Å². The molecule has 2 N–H and O–H groups in total. The molecule has 0 aliphatic carbocycles. The highest BCUT2D eigenvalue weighted by atomic mass is 35.5. The molecule has 0 aliphatic heterocycles. The number of ether oxygens (including phenoxy) is 1. The summed E-state index contributed by atoms with van der Waals surface area (Å²) in [5.41, 5.74) is 0.899. The highest BCUT2D eigenvalue weighted by molar-refractivity contribution is 6.47. The van der Waals surface area contributed by atoms with Gasteiger partial charge in [-0.05, 0) is 36.4 Å². The fourth-order valence-corrected chi connectivity index (χ4v) is 2.12. The van der Waals surface area contributed by atoms with Gasteiger partial charge < -0.3 is 15.4 Å². The molecule has 0 saturated carbocycles. The Kier molecular flexibility index (Phi) is 5.78. The number of esters is 1. The third kappa shape index (κ3) is 4.24. The molecule has 0 unspecified atom stereocenters. The van der Waals surface area contributed by atoms with E-state index in [1.165, 1.54) is 37.4 Å². The van der Waals surface area contributed by atoms with Crippen LogP contribution in [0.25, 0.3) is 0 Å². The third-order valence-electron chi connectivity index (χ3n) is 2.97. The molecule has 24 heavy (non-hydrogen) atoms. The molecule has 8 heteroatoms. The first-order chi connectivity index (χ1) is 11.4. The van der Waals surface area contributed by atoms with Crippen LogP contribution in [-0.4, -0.2) is 24.9 Å². The van der Waals surface area contributed by atoms with Gasteiger partial charge in [-0.25, -0.2) is 4.79 Å². The molecule has 2 aromatic carbocycles. The van der Waals surface area contributed by atoms with Crippen molar-refractivity contribution >= 4 is 52.4 Å². The average molecular weight is 367 g/mol. The minimum absolute atomic E-state index is 0.141. The van der Waals surface area contributed by atoms with Gasteiger partial charge in [0.1, 0.15) is 0 Å². The minimum Gasteiger partial charge on any atom is -0.465 e. The van der Waals surface area contributed by atoms with Crippen molar-refractivity contribution in [1.29, 1.82) is 0 Å². The van der Waals surface area contributed by atoms with Gasteiger partial charge in [-0.3, -0.25) is 9.59 Å². The largest absolute Gasteiger partial charge is 0.465 e. The Morgan fingerprint density at radius 2 is 1.54 bits per heavy atom. The van der Waals surface area contributed by atoms with Crippen molar-refractivity contribution in [3.05, 3.63) is 58.1 Å². The number of carbonyl (C=O) groups is 3. The molecule has 0 aromatic heterocycles. The van der Waals surface area contributed by atoms with Gasteiger partial charge in [-0.1, -0.05) is 29.3 Å². The van der Waals surface area contributed by atoms with Crippen LogP contribution in [0.3, 0.4) is 0 Å². The summed E-state index contributed by atoms with van der Waals surface area (Å²) in [6.45, 7) is 0. The molecule has 0 radical (unpaired) electrons. The lowest BCUT2D eigenvalue weighted by atomic mass is 10.2. The van der Waals surface area contributed by atoms with Gasteiger partial charge in [-0.2, -0.15) is 0 Å². The Bertz CT molecular complexity index is 791. The molecule has 124 valence electrons. The van der Waals surface area contributed by atoms with E-state index in [0.717, 1.165) is 0 Å². The fourth-order valence-electron chi connectivity index (χ4n) is 1.77. The van der Waals surface area contributed by atoms with Crippen molar-refractivity contribution in [2.24, 2.45) is 0 Å². The van der Waals surface area contributed by atoms with E-state index in [-0.39, 0.29) is 15.7 Å². The van der Waals surface area contributed by atoms with Crippen molar-refractivity contribution < 1.29 is 19.1 Å². The molecule has 0 fully saturated rings. The van der Waals surface area contributed by atoms with Crippen LogP contribution in [0.15, 0.2) is 42.5 Å². The third-order valence-corrected chi connectivity index (χ3v) is 3.79. The highest BCUT2D eigenvalue weighted by Crippen LogP contribution is 2.29. The van der Waals surface area contributed by atoms with Gasteiger partial charge in [0.25, 0.3) is 0 Å².